The minimum absolute atomic E-state index is 0.105. The van der Waals surface area contributed by atoms with Gasteiger partial charge in [-0.15, -0.1) is 13.2 Å². The largest absolute Gasteiger partial charge is 0.317 e. The van der Waals surface area contributed by atoms with Crippen LogP contribution in [0.3, 0.4) is 0 Å². The molecule has 0 N–H and O–H groups in total. The molecule has 30 heavy (non-hydrogen) atoms. The third-order valence-corrected chi connectivity index (χ3v) is 7.41. The number of para-hydroxylation sites is 1. The van der Waals surface area contributed by atoms with Crippen LogP contribution in [0.25, 0.3) is 10.2 Å². The first kappa shape index (κ1) is 21.9. The summed E-state index contributed by atoms with van der Waals surface area (Å²) in [5.41, 5.74) is 1.36. The van der Waals surface area contributed by atoms with Gasteiger partial charge in [0.2, 0.25) is 10.0 Å². The molecule has 0 bridgehead atoms. The number of thiazole rings is 1. The van der Waals surface area contributed by atoms with Crippen molar-refractivity contribution in [1.29, 1.82) is 0 Å². The number of hydrogen-bond acceptors (Lipinski definition) is 4. The highest BCUT2D eigenvalue weighted by Crippen LogP contribution is 2.18. The van der Waals surface area contributed by atoms with E-state index in [4.69, 9.17) is 0 Å². The Balaban J connectivity index is 1.93. The monoisotopic (exact) mass is 441 g/mol. The average molecular weight is 442 g/mol. The van der Waals surface area contributed by atoms with Crippen LogP contribution in [0.4, 0.5) is 0 Å². The van der Waals surface area contributed by atoms with Crippen molar-refractivity contribution in [1.82, 2.24) is 8.87 Å². The van der Waals surface area contributed by atoms with Crippen molar-refractivity contribution in [3.8, 4) is 0 Å². The Morgan fingerprint density at radius 3 is 2.33 bits per heavy atom. The number of carbonyl (C=O) groups is 1. The van der Waals surface area contributed by atoms with Gasteiger partial charge in [0.25, 0.3) is 5.91 Å². The molecular weight excluding hydrogens is 418 g/mol. The van der Waals surface area contributed by atoms with E-state index in [2.05, 4.69) is 18.2 Å². The highest BCUT2D eigenvalue weighted by atomic mass is 32.2. The molecule has 0 aliphatic carbocycles. The highest BCUT2D eigenvalue weighted by molar-refractivity contribution is 7.89. The lowest BCUT2D eigenvalue weighted by molar-refractivity contribution is 0.0997. The first-order valence-corrected chi connectivity index (χ1v) is 11.7. The minimum Gasteiger partial charge on any atom is -0.317 e. The number of carbonyl (C=O) groups excluding carboxylic acids is 1. The summed E-state index contributed by atoms with van der Waals surface area (Å²) in [4.78, 5) is 17.7. The Morgan fingerprint density at radius 2 is 1.73 bits per heavy atom. The SMILES string of the molecule is C=CCN(CC=C)S(=O)(=O)c1ccc(C(=O)N=c2sc3ccccc3n2CC)cc1. The van der Waals surface area contributed by atoms with Gasteiger partial charge in [-0.05, 0) is 43.3 Å². The zero-order valence-corrected chi connectivity index (χ0v) is 18.3. The first-order chi connectivity index (χ1) is 14.4. The van der Waals surface area contributed by atoms with E-state index in [1.165, 1.54) is 52.1 Å². The molecule has 2 aromatic carbocycles. The third kappa shape index (κ3) is 4.35. The van der Waals surface area contributed by atoms with Crippen LogP contribution < -0.4 is 4.80 Å². The zero-order valence-electron chi connectivity index (χ0n) is 16.7. The van der Waals surface area contributed by atoms with E-state index in [1.54, 1.807) is 0 Å². The number of sulfonamides is 1. The standard InChI is InChI=1S/C22H23N3O3S2/c1-4-15-24(16-5-2)30(27,28)18-13-11-17(12-14-18)21(26)23-22-25(6-3)19-9-7-8-10-20(19)29-22/h4-5,7-14H,1-2,6,15-16H2,3H3. The van der Waals surface area contributed by atoms with E-state index >= 15 is 0 Å². The van der Waals surface area contributed by atoms with Gasteiger partial charge in [0.15, 0.2) is 4.80 Å². The predicted octanol–water partition coefficient (Wildman–Crippen LogP) is 3.83. The maximum Gasteiger partial charge on any atom is 0.279 e. The van der Waals surface area contributed by atoms with Crippen LogP contribution >= 0.6 is 11.3 Å². The summed E-state index contributed by atoms with van der Waals surface area (Å²) in [6.07, 6.45) is 3.04. The smallest absolute Gasteiger partial charge is 0.279 e. The van der Waals surface area contributed by atoms with E-state index in [0.717, 1.165) is 10.2 Å². The third-order valence-electron chi connectivity index (χ3n) is 4.51. The summed E-state index contributed by atoms with van der Waals surface area (Å²) in [6.45, 7) is 10.2. The Labute approximate surface area is 180 Å². The maximum atomic E-state index is 12.8. The summed E-state index contributed by atoms with van der Waals surface area (Å²) in [5, 5.41) is 0. The second-order valence-corrected chi connectivity index (χ2v) is 9.38. The molecule has 1 heterocycles. The first-order valence-electron chi connectivity index (χ1n) is 9.41. The predicted molar refractivity (Wildman–Crippen MR) is 121 cm³/mol. The molecule has 1 aromatic heterocycles. The number of benzene rings is 2. The van der Waals surface area contributed by atoms with Crippen molar-refractivity contribution in [2.45, 2.75) is 18.4 Å². The molecule has 0 radical (unpaired) electrons. The van der Waals surface area contributed by atoms with Crippen molar-refractivity contribution < 1.29 is 13.2 Å². The fourth-order valence-electron chi connectivity index (χ4n) is 3.04. The van der Waals surface area contributed by atoms with E-state index in [9.17, 15) is 13.2 Å². The lowest BCUT2D eigenvalue weighted by Gasteiger charge is -2.19. The molecule has 0 aliphatic rings. The van der Waals surface area contributed by atoms with E-state index < -0.39 is 15.9 Å². The lowest BCUT2D eigenvalue weighted by atomic mass is 10.2. The molecule has 6 nitrogen and oxygen atoms in total. The Kier molecular flexibility index (Phi) is 6.81. The molecule has 3 aromatic rings. The van der Waals surface area contributed by atoms with Crippen LogP contribution in [0.15, 0.2) is 83.7 Å². The van der Waals surface area contributed by atoms with Crippen LogP contribution in [0, 0.1) is 0 Å². The molecule has 0 spiro atoms. The van der Waals surface area contributed by atoms with Crippen LogP contribution in [-0.4, -0.2) is 36.3 Å². The molecule has 1 amide bonds. The van der Waals surface area contributed by atoms with Crippen LogP contribution in [-0.2, 0) is 16.6 Å². The summed E-state index contributed by atoms with van der Waals surface area (Å²) >= 11 is 1.45. The highest BCUT2D eigenvalue weighted by Gasteiger charge is 2.22. The second-order valence-electron chi connectivity index (χ2n) is 6.44. The molecule has 0 saturated heterocycles. The van der Waals surface area contributed by atoms with Crippen molar-refractivity contribution >= 4 is 37.5 Å². The molecule has 8 heteroatoms. The van der Waals surface area contributed by atoms with Crippen molar-refractivity contribution in [3.63, 3.8) is 0 Å². The van der Waals surface area contributed by atoms with Gasteiger partial charge >= 0.3 is 0 Å². The molecule has 0 saturated carbocycles. The molecule has 3 rings (SSSR count). The van der Waals surface area contributed by atoms with Gasteiger partial charge in [0.05, 0.1) is 15.1 Å². The maximum absolute atomic E-state index is 12.8. The number of fused-ring (bicyclic) bond motifs is 1. The zero-order chi connectivity index (χ0) is 21.7. The van der Waals surface area contributed by atoms with Crippen LogP contribution in [0.2, 0.25) is 0 Å². The van der Waals surface area contributed by atoms with Gasteiger partial charge in [-0.25, -0.2) is 8.42 Å². The normalized spacial score (nSPS) is 12.4. The van der Waals surface area contributed by atoms with E-state index in [1.807, 2.05) is 35.8 Å². The topological polar surface area (TPSA) is 71.7 Å². The van der Waals surface area contributed by atoms with Gasteiger partial charge in [-0.3, -0.25) is 4.79 Å². The van der Waals surface area contributed by atoms with Gasteiger partial charge in [-0.1, -0.05) is 35.6 Å². The number of amides is 1. The quantitative estimate of drug-likeness (QED) is 0.499. The number of hydrogen-bond donors (Lipinski definition) is 0. The summed E-state index contributed by atoms with van der Waals surface area (Å²) in [5.74, 6) is -0.415. The van der Waals surface area contributed by atoms with Gasteiger partial charge in [-0.2, -0.15) is 9.30 Å². The number of rotatable bonds is 8. The Morgan fingerprint density at radius 1 is 1.10 bits per heavy atom. The van der Waals surface area contributed by atoms with Gasteiger partial charge in [0, 0.05) is 25.2 Å². The fourth-order valence-corrected chi connectivity index (χ4v) is 5.51. The van der Waals surface area contributed by atoms with Gasteiger partial charge < -0.3 is 4.57 Å². The van der Waals surface area contributed by atoms with Crippen molar-refractivity contribution in [3.05, 3.63) is 84.2 Å². The average Bonchev–Trinajstić information content (AvgIpc) is 3.10. The molecule has 0 atom stereocenters. The minimum atomic E-state index is -3.71. The van der Waals surface area contributed by atoms with Crippen molar-refractivity contribution in [2.75, 3.05) is 13.1 Å². The lowest BCUT2D eigenvalue weighted by Crippen LogP contribution is -2.31. The Hall–Kier alpha value is -2.81. The summed E-state index contributed by atoms with van der Waals surface area (Å²) < 4.78 is 29.9. The number of aryl methyl sites for hydroxylation is 1. The fraction of sp³-hybridized carbons (Fsp3) is 0.182. The molecule has 156 valence electrons. The summed E-state index contributed by atoms with van der Waals surface area (Å²) in [7, 11) is -3.71. The van der Waals surface area contributed by atoms with Crippen molar-refractivity contribution in [2.24, 2.45) is 4.99 Å². The molecular formula is C22H23N3O3S2. The molecule has 0 unspecified atom stereocenters. The Bertz CT molecular complexity index is 1240. The molecule has 0 aliphatic heterocycles. The molecule has 0 fully saturated rings. The summed E-state index contributed by atoms with van der Waals surface area (Å²) in [6, 6.07) is 13.7. The number of nitrogens with zero attached hydrogens (tertiary/aromatic N) is 3. The van der Waals surface area contributed by atoms with E-state index in [0.29, 0.717) is 16.9 Å². The second kappa shape index (κ2) is 9.34. The van der Waals surface area contributed by atoms with Crippen LogP contribution in [0.1, 0.15) is 17.3 Å². The number of aromatic nitrogens is 1. The van der Waals surface area contributed by atoms with Gasteiger partial charge in [0.1, 0.15) is 0 Å². The van der Waals surface area contributed by atoms with Crippen LogP contribution in [0.5, 0.6) is 0 Å². The van der Waals surface area contributed by atoms with E-state index in [-0.39, 0.29) is 18.0 Å².